The van der Waals surface area contributed by atoms with Crippen LogP contribution in [-0.2, 0) is 4.79 Å². The van der Waals surface area contributed by atoms with Crippen molar-refractivity contribution in [2.45, 2.75) is 25.5 Å². The van der Waals surface area contributed by atoms with Crippen molar-refractivity contribution in [1.82, 2.24) is 4.90 Å². The summed E-state index contributed by atoms with van der Waals surface area (Å²) >= 11 is 9.35. The lowest BCUT2D eigenvalue weighted by Gasteiger charge is -2.22. The number of ether oxygens (including phenoxy) is 1. The average Bonchev–Trinajstić information content (AvgIpc) is 3.06. The standard InChI is InChI=1S/C19H20BrClN2O2/c1-13(25-18-8-7-14(21)11-17(18)20)19(24)23-10-9-16(12-23)22-15-5-3-2-4-6-15/h2-8,11,13,16,22H,9-10,12H2,1H3. The molecule has 1 saturated heterocycles. The predicted molar refractivity (Wildman–Crippen MR) is 104 cm³/mol. The summed E-state index contributed by atoms with van der Waals surface area (Å²) in [5, 5.41) is 4.09. The van der Waals surface area contributed by atoms with E-state index in [1.165, 1.54) is 0 Å². The van der Waals surface area contributed by atoms with Crippen LogP contribution in [0.15, 0.2) is 53.0 Å². The molecule has 0 radical (unpaired) electrons. The largest absolute Gasteiger partial charge is 0.480 e. The van der Waals surface area contributed by atoms with Gasteiger partial charge >= 0.3 is 0 Å². The molecule has 0 spiro atoms. The lowest BCUT2D eigenvalue weighted by Crippen LogP contribution is -2.40. The number of anilines is 1. The zero-order valence-corrected chi connectivity index (χ0v) is 16.3. The molecule has 0 bridgehead atoms. The SMILES string of the molecule is CC(Oc1ccc(Cl)cc1Br)C(=O)N1CCC(Nc2ccccc2)C1. The van der Waals surface area contributed by atoms with E-state index in [0.29, 0.717) is 17.3 Å². The molecule has 0 aliphatic carbocycles. The van der Waals surface area contributed by atoms with E-state index in [2.05, 4.69) is 21.2 Å². The third kappa shape index (κ3) is 4.67. The van der Waals surface area contributed by atoms with Crippen LogP contribution in [0.25, 0.3) is 0 Å². The van der Waals surface area contributed by atoms with Crippen LogP contribution in [0.4, 0.5) is 5.69 Å². The molecule has 1 heterocycles. The molecule has 2 atom stereocenters. The van der Waals surface area contributed by atoms with Gasteiger partial charge in [-0.25, -0.2) is 0 Å². The molecule has 1 aliphatic heterocycles. The van der Waals surface area contributed by atoms with Crippen LogP contribution in [0.5, 0.6) is 5.75 Å². The Morgan fingerprint density at radius 1 is 1.32 bits per heavy atom. The fraction of sp³-hybridized carbons (Fsp3) is 0.316. The van der Waals surface area contributed by atoms with Gasteiger partial charge in [-0.15, -0.1) is 0 Å². The lowest BCUT2D eigenvalue weighted by atomic mass is 10.2. The minimum Gasteiger partial charge on any atom is -0.480 e. The molecule has 6 heteroatoms. The van der Waals surface area contributed by atoms with Crippen LogP contribution in [0.1, 0.15) is 13.3 Å². The van der Waals surface area contributed by atoms with Crippen molar-refractivity contribution < 1.29 is 9.53 Å². The molecule has 4 nitrogen and oxygen atoms in total. The van der Waals surface area contributed by atoms with Crippen molar-refractivity contribution in [3.63, 3.8) is 0 Å². The first kappa shape index (κ1) is 18.1. The number of hydrogen-bond donors (Lipinski definition) is 1. The van der Waals surface area contributed by atoms with Crippen molar-refractivity contribution >= 4 is 39.1 Å². The summed E-state index contributed by atoms with van der Waals surface area (Å²) in [6.07, 6.45) is 0.380. The number of nitrogens with zero attached hydrogens (tertiary/aromatic N) is 1. The van der Waals surface area contributed by atoms with E-state index in [1.807, 2.05) is 35.2 Å². The second-order valence-corrected chi connectivity index (χ2v) is 7.41. The maximum Gasteiger partial charge on any atom is 0.263 e. The highest BCUT2D eigenvalue weighted by molar-refractivity contribution is 9.10. The summed E-state index contributed by atoms with van der Waals surface area (Å²) in [6, 6.07) is 15.6. The van der Waals surface area contributed by atoms with E-state index in [1.54, 1.807) is 25.1 Å². The number of rotatable bonds is 5. The van der Waals surface area contributed by atoms with Gasteiger partial charge in [0.05, 0.1) is 4.47 Å². The monoisotopic (exact) mass is 422 g/mol. The molecule has 0 aromatic heterocycles. The van der Waals surface area contributed by atoms with Gasteiger partial charge in [0.2, 0.25) is 0 Å². The van der Waals surface area contributed by atoms with Gasteiger partial charge in [-0.3, -0.25) is 4.79 Å². The van der Waals surface area contributed by atoms with Gasteiger partial charge in [0, 0.05) is 29.8 Å². The van der Waals surface area contributed by atoms with E-state index < -0.39 is 6.10 Å². The normalized spacial score (nSPS) is 18.0. The Balaban J connectivity index is 1.56. The number of hydrogen-bond acceptors (Lipinski definition) is 3. The highest BCUT2D eigenvalue weighted by atomic mass is 79.9. The molecule has 2 aromatic carbocycles. The molecule has 132 valence electrons. The van der Waals surface area contributed by atoms with Gasteiger partial charge in [0.1, 0.15) is 5.75 Å². The first-order valence-corrected chi connectivity index (χ1v) is 9.42. The quantitative estimate of drug-likeness (QED) is 0.765. The van der Waals surface area contributed by atoms with Crippen molar-refractivity contribution in [2.24, 2.45) is 0 Å². The van der Waals surface area contributed by atoms with Crippen LogP contribution in [0.2, 0.25) is 5.02 Å². The Morgan fingerprint density at radius 3 is 2.80 bits per heavy atom. The van der Waals surface area contributed by atoms with Crippen LogP contribution in [0.3, 0.4) is 0 Å². The van der Waals surface area contributed by atoms with Gasteiger partial charge < -0.3 is 15.0 Å². The van der Waals surface area contributed by atoms with Gasteiger partial charge in [-0.05, 0) is 59.6 Å². The molecule has 0 saturated carbocycles. The van der Waals surface area contributed by atoms with Gasteiger partial charge in [-0.2, -0.15) is 0 Å². The molecule has 3 rings (SSSR count). The van der Waals surface area contributed by atoms with E-state index in [4.69, 9.17) is 16.3 Å². The molecular weight excluding hydrogens is 404 g/mol. The van der Waals surface area contributed by atoms with E-state index in [9.17, 15) is 4.79 Å². The van der Waals surface area contributed by atoms with Crippen molar-refractivity contribution in [2.75, 3.05) is 18.4 Å². The van der Waals surface area contributed by atoms with Gasteiger partial charge in [-0.1, -0.05) is 29.8 Å². The fourth-order valence-electron chi connectivity index (χ4n) is 2.92. The van der Waals surface area contributed by atoms with Gasteiger partial charge in [0.25, 0.3) is 5.91 Å². The van der Waals surface area contributed by atoms with Crippen LogP contribution < -0.4 is 10.1 Å². The molecule has 25 heavy (non-hydrogen) atoms. The van der Waals surface area contributed by atoms with E-state index >= 15 is 0 Å². The second kappa shape index (κ2) is 8.11. The average molecular weight is 424 g/mol. The Labute approximate surface area is 161 Å². The highest BCUT2D eigenvalue weighted by Crippen LogP contribution is 2.29. The number of amides is 1. The van der Waals surface area contributed by atoms with E-state index in [-0.39, 0.29) is 11.9 Å². The summed E-state index contributed by atoms with van der Waals surface area (Å²) in [7, 11) is 0. The van der Waals surface area contributed by atoms with Crippen molar-refractivity contribution in [1.29, 1.82) is 0 Å². The zero-order chi connectivity index (χ0) is 17.8. The molecule has 1 fully saturated rings. The summed E-state index contributed by atoms with van der Waals surface area (Å²) in [6.45, 7) is 3.20. The number of carbonyl (C=O) groups is 1. The van der Waals surface area contributed by atoms with Crippen LogP contribution in [-0.4, -0.2) is 36.0 Å². The molecule has 1 aliphatic rings. The highest BCUT2D eigenvalue weighted by Gasteiger charge is 2.30. The summed E-state index contributed by atoms with van der Waals surface area (Å²) in [5.74, 6) is 0.614. The maximum absolute atomic E-state index is 12.7. The topological polar surface area (TPSA) is 41.6 Å². The smallest absolute Gasteiger partial charge is 0.263 e. The third-order valence-electron chi connectivity index (χ3n) is 4.19. The van der Waals surface area contributed by atoms with Crippen molar-refractivity contribution in [3.8, 4) is 5.75 Å². The number of carbonyl (C=O) groups excluding carboxylic acids is 1. The lowest BCUT2D eigenvalue weighted by molar-refractivity contribution is -0.136. The molecule has 1 amide bonds. The number of likely N-dealkylation sites (tertiary alicyclic amines) is 1. The van der Waals surface area contributed by atoms with Crippen LogP contribution >= 0.6 is 27.5 Å². The minimum atomic E-state index is -0.548. The number of halogens is 2. The Kier molecular flexibility index (Phi) is 5.86. The molecule has 2 unspecified atom stereocenters. The molecule has 2 aromatic rings. The van der Waals surface area contributed by atoms with Gasteiger partial charge in [0.15, 0.2) is 6.10 Å². The van der Waals surface area contributed by atoms with Crippen LogP contribution in [0, 0.1) is 0 Å². The molecule has 1 N–H and O–H groups in total. The second-order valence-electron chi connectivity index (χ2n) is 6.12. The predicted octanol–water partition coefficient (Wildman–Crippen LogP) is 4.58. The summed E-state index contributed by atoms with van der Waals surface area (Å²) < 4.78 is 6.55. The third-order valence-corrected chi connectivity index (χ3v) is 5.04. The Hall–Kier alpha value is -1.72. The summed E-state index contributed by atoms with van der Waals surface area (Å²) in [4.78, 5) is 14.5. The zero-order valence-electron chi connectivity index (χ0n) is 13.9. The van der Waals surface area contributed by atoms with E-state index in [0.717, 1.165) is 23.1 Å². The minimum absolute atomic E-state index is 0.000730. The Bertz CT molecular complexity index is 741. The van der Waals surface area contributed by atoms with Crippen molar-refractivity contribution in [3.05, 3.63) is 58.0 Å². The first-order valence-electron chi connectivity index (χ1n) is 8.25. The number of nitrogens with one attached hydrogen (secondary N) is 1. The Morgan fingerprint density at radius 2 is 2.08 bits per heavy atom. The first-order chi connectivity index (χ1) is 12.0. The fourth-order valence-corrected chi connectivity index (χ4v) is 3.69. The number of para-hydroxylation sites is 1. The number of benzene rings is 2. The maximum atomic E-state index is 12.7. The molecular formula is C19H20BrClN2O2. The summed E-state index contributed by atoms with van der Waals surface area (Å²) in [5.41, 5.74) is 1.08.